The quantitative estimate of drug-likeness (QED) is 0.429. The maximum absolute atomic E-state index is 10.7. The van der Waals surface area contributed by atoms with E-state index < -0.39 is 11.8 Å². The van der Waals surface area contributed by atoms with Crippen molar-refractivity contribution in [2.24, 2.45) is 0 Å². The third-order valence-corrected chi connectivity index (χ3v) is 1.55. The SMILES string of the molecule is O=C(O)C(=O)C=C(O)c1ccccc1. The van der Waals surface area contributed by atoms with Crippen LogP contribution >= 0.6 is 0 Å². The molecule has 1 aromatic rings. The van der Waals surface area contributed by atoms with Crippen molar-refractivity contribution in [3.05, 3.63) is 42.0 Å². The van der Waals surface area contributed by atoms with Gasteiger partial charge in [0.2, 0.25) is 0 Å². The molecule has 0 aliphatic carbocycles. The van der Waals surface area contributed by atoms with Gasteiger partial charge in [-0.2, -0.15) is 0 Å². The second-order valence-corrected chi connectivity index (χ2v) is 2.57. The molecule has 0 aliphatic rings. The van der Waals surface area contributed by atoms with Crippen molar-refractivity contribution in [2.45, 2.75) is 0 Å². The number of aliphatic carboxylic acids is 1. The monoisotopic (exact) mass is 192 g/mol. The van der Waals surface area contributed by atoms with Crippen LogP contribution in [0.4, 0.5) is 0 Å². The highest BCUT2D eigenvalue weighted by Gasteiger charge is 2.09. The van der Waals surface area contributed by atoms with E-state index in [1.807, 2.05) is 0 Å². The summed E-state index contributed by atoms with van der Waals surface area (Å²) in [7, 11) is 0. The zero-order valence-corrected chi connectivity index (χ0v) is 7.18. The molecule has 0 atom stereocenters. The van der Waals surface area contributed by atoms with Gasteiger partial charge < -0.3 is 10.2 Å². The van der Waals surface area contributed by atoms with Gasteiger partial charge in [0.25, 0.3) is 5.78 Å². The largest absolute Gasteiger partial charge is 0.507 e. The first-order valence-corrected chi connectivity index (χ1v) is 3.84. The molecular weight excluding hydrogens is 184 g/mol. The van der Waals surface area contributed by atoms with Crippen molar-refractivity contribution >= 4 is 17.5 Å². The van der Waals surface area contributed by atoms with Gasteiger partial charge in [-0.1, -0.05) is 30.3 Å². The Labute approximate surface area is 80.1 Å². The molecule has 0 heterocycles. The molecule has 0 saturated carbocycles. The summed E-state index contributed by atoms with van der Waals surface area (Å²) in [6.07, 6.45) is 0.678. The normalized spacial score (nSPS) is 11.0. The van der Waals surface area contributed by atoms with Crippen molar-refractivity contribution in [3.63, 3.8) is 0 Å². The first-order chi connectivity index (χ1) is 6.61. The minimum absolute atomic E-state index is 0.349. The Morgan fingerprint density at radius 2 is 1.64 bits per heavy atom. The maximum atomic E-state index is 10.7. The standard InChI is InChI=1S/C10H8O4/c11-8(6-9(12)10(13)14)7-4-2-1-3-5-7/h1-6,11H,(H,13,14). The van der Waals surface area contributed by atoms with Crippen molar-refractivity contribution in [3.8, 4) is 0 Å². The van der Waals surface area contributed by atoms with E-state index in [4.69, 9.17) is 5.11 Å². The van der Waals surface area contributed by atoms with Gasteiger partial charge in [-0.15, -0.1) is 0 Å². The highest BCUT2D eigenvalue weighted by Crippen LogP contribution is 2.09. The van der Waals surface area contributed by atoms with Gasteiger partial charge >= 0.3 is 5.97 Å². The van der Waals surface area contributed by atoms with E-state index in [1.165, 1.54) is 0 Å². The van der Waals surface area contributed by atoms with Gasteiger partial charge in [-0.25, -0.2) is 4.79 Å². The van der Waals surface area contributed by atoms with Gasteiger partial charge in [-0.05, 0) is 0 Å². The van der Waals surface area contributed by atoms with E-state index in [-0.39, 0.29) is 5.76 Å². The minimum atomic E-state index is -1.59. The predicted octanol–water partition coefficient (Wildman–Crippen LogP) is 1.24. The number of rotatable bonds is 3. The Hall–Kier alpha value is -2.10. The highest BCUT2D eigenvalue weighted by molar-refractivity contribution is 6.38. The molecule has 0 aromatic heterocycles. The van der Waals surface area contributed by atoms with Crippen LogP contribution in [0.2, 0.25) is 0 Å². The predicted molar refractivity (Wildman–Crippen MR) is 49.7 cm³/mol. The van der Waals surface area contributed by atoms with Crippen LogP contribution < -0.4 is 0 Å². The summed E-state index contributed by atoms with van der Waals surface area (Å²) in [5.74, 6) is -3.09. The van der Waals surface area contributed by atoms with Crippen LogP contribution in [0, 0.1) is 0 Å². The molecule has 0 bridgehead atoms. The molecule has 0 unspecified atom stereocenters. The van der Waals surface area contributed by atoms with E-state index in [1.54, 1.807) is 30.3 Å². The lowest BCUT2D eigenvalue weighted by atomic mass is 10.1. The van der Waals surface area contributed by atoms with E-state index in [0.29, 0.717) is 11.6 Å². The molecular formula is C10H8O4. The number of ketones is 1. The van der Waals surface area contributed by atoms with E-state index in [0.717, 1.165) is 0 Å². The molecule has 0 fully saturated rings. The van der Waals surface area contributed by atoms with Crippen LogP contribution in [-0.4, -0.2) is 22.0 Å². The van der Waals surface area contributed by atoms with Crippen LogP contribution in [-0.2, 0) is 9.59 Å². The Kier molecular flexibility index (Phi) is 3.01. The number of benzene rings is 1. The zero-order chi connectivity index (χ0) is 10.6. The fourth-order valence-corrected chi connectivity index (χ4v) is 0.878. The van der Waals surface area contributed by atoms with Crippen LogP contribution in [0.25, 0.3) is 5.76 Å². The third-order valence-electron chi connectivity index (χ3n) is 1.55. The first kappa shape index (κ1) is 9.98. The van der Waals surface area contributed by atoms with Gasteiger partial charge in [0.1, 0.15) is 5.76 Å². The van der Waals surface area contributed by atoms with Gasteiger partial charge in [0.05, 0.1) is 0 Å². The Bertz CT molecular complexity index is 378. The van der Waals surface area contributed by atoms with E-state index >= 15 is 0 Å². The average molecular weight is 192 g/mol. The van der Waals surface area contributed by atoms with Gasteiger partial charge in [-0.3, -0.25) is 4.79 Å². The maximum Gasteiger partial charge on any atom is 0.376 e. The van der Waals surface area contributed by atoms with Crippen LogP contribution in [0.15, 0.2) is 36.4 Å². The summed E-state index contributed by atoms with van der Waals surface area (Å²) >= 11 is 0. The number of carbonyl (C=O) groups excluding carboxylic acids is 1. The molecule has 0 saturated heterocycles. The first-order valence-electron chi connectivity index (χ1n) is 3.84. The van der Waals surface area contributed by atoms with Gasteiger partial charge in [0.15, 0.2) is 0 Å². The van der Waals surface area contributed by atoms with Crippen molar-refractivity contribution in [1.82, 2.24) is 0 Å². The Balaban J connectivity index is 2.91. The number of carboxylic acids is 1. The molecule has 4 heteroatoms. The number of hydrogen-bond acceptors (Lipinski definition) is 3. The molecule has 0 spiro atoms. The molecule has 14 heavy (non-hydrogen) atoms. The molecule has 0 aliphatic heterocycles. The second-order valence-electron chi connectivity index (χ2n) is 2.57. The smallest absolute Gasteiger partial charge is 0.376 e. The van der Waals surface area contributed by atoms with Crippen LogP contribution in [0.1, 0.15) is 5.56 Å². The lowest BCUT2D eigenvalue weighted by molar-refractivity contribution is -0.146. The molecule has 4 nitrogen and oxygen atoms in total. The fraction of sp³-hybridized carbons (Fsp3) is 0. The summed E-state index contributed by atoms with van der Waals surface area (Å²) in [6.45, 7) is 0. The molecule has 72 valence electrons. The van der Waals surface area contributed by atoms with Crippen molar-refractivity contribution in [2.75, 3.05) is 0 Å². The zero-order valence-electron chi connectivity index (χ0n) is 7.18. The molecule has 1 rings (SSSR count). The summed E-state index contributed by atoms with van der Waals surface area (Å²) in [5, 5.41) is 17.6. The molecule has 1 aromatic carbocycles. The Morgan fingerprint density at radius 3 is 2.14 bits per heavy atom. The number of hydrogen-bond donors (Lipinski definition) is 2. The lowest BCUT2D eigenvalue weighted by Crippen LogP contribution is -2.09. The fourth-order valence-electron chi connectivity index (χ4n) is 0.878. The molecule has 0 radical (unpaired) electrons. The Morgan fingerprint density at radius 1 is 1.07 bits per heavy atom. The second kappa shape index (κ2) is 4.23. The minimum Gasteiger partial charge on any atom is -0.507 e. The number of aliphatic hydroxyl groups is 1. The van der Waals surface area contributed by atoms with Crippen molar-refractivity contribution < 1.29 is 19.8 Å². The highest BCUT2D eigenvalue weighted by atomic mass is 16.4. The summed E-state index contributed by atoms with van der Waals surface area (Å²) < 4.78 is 0. The number of carboxylic acid groups (broad SMARTS) is 1. The van der Waals surface area contributed by atoms with Crippen LogP contribution in [0.3, 0.4) is 0 Å². The van der Waals surface area contributed by atoms with E-state index in [9.17, 15) is 14.7 Å². The molecule has 0 amide bonds. The number of aliphatic hydroxyl groups excluding tert-OH is 1. The third kappa shape index (κ3) is 2.45. The topological polar surface area (TPSA) is 74.6 Å². The van der Waals surface area contributed by atoms with Crippen LogP contribution in [0.5, 0.6) is 0 Å². The summed E-state index contributed by atoms with van der Waals surface area (Å²) in [4.78, 5) is 20.9. The van der Waals surface area contributed by atoms with Gasteiger partial charge in [0, 0.05) is 11.6 Å². The number of carbonyl (C=O) groups is 2. The van der Waals surface area contributed by atoms with Crippen molar-refractivity contribution in [1.29, 1.82) is 0 Å². The summed E-state index contributed by atoms with van der Waals surface area (Å²) in [5.41, 5.74) is 0.405. The summed E-state index contributed by atoms with van der Waals surface area (Å²) in [6, 6.07) is 8.23. The molecule has 2 N–H and O–H groups in total. The van der Waals surface area contributed by atoms with E-state index in [2.05, 4.69) is 0 Å². The average Bonchev–Trinajstić information content (AvgIpc) is 2.19. The lowest BCUT2D eigenvalue weighted by Gasteiger charge is -1.97.